The van der Waals surface area contributed by atoms with Crippen LogP contribution in [-0.2, 0) is 16.1 Å². The zero-order chi connectivity index (χ0) is 14.6. The second-order valence-electron chi connectivity index (χ2n) is 5.55. The van der Waals surface area contributed by atoms with Crippen LogP contribution in [0.2, 0.25) is 0 Å². The van der Waals surface area contributed by atoms with Gasteiger partial charge in [-0.3, -0.25) is 9.59 Å². The number of carbonyl (C=O) groups is 2. The van der Waals surface area contributed by atoms with Gasteiger partial charge in [0.15, 0.2) is 0 Å². The molecule has 1 aliphatic rings. The Kier molecular flexibility index (Phi) is 4.31. The molecule has 1 aromatic rings. The van der Waals surface area contributed by atoms with Crippen molar-refractivity contribution in [2.24, 2.45) is 11.3 Å². The van der Waals surface area contributed by atoms with Crippen molar-refractivity contribution in [3.8, 4) is 0 Å². The molecule has 0 unspecified atom stereocenters. The topological polar surface area (TPSA) is 110 Å². The van der Waals surface area contributed by atoms with E-state index in [9.17, 15) is 14.7 Å². The fourth-order valence-electron chi connectivity index (χ4n) is 2.50. The van der Waals surface area contributed by atoms with Crippen molar-refractivity contribution in [2.75, 3.05) is 6.54 Å². The van der Waals surface area contributed by atoms with Crippen molar-refractivity contribution in [3.63, 3.8) is 0 Å². The van der Waals surface area contributed by atoms with Crippen LogP contribution >= 0.6 is 0 Å². The van der Waals surface area contributed by atoms with E-state index in [1.807, 2.05) is 0 Å². The molecule has 1 aromatic heterocycles. The van der Waals surface area contributed by atoms with Crippen molar-refractivity contribution in [3.05, 3.63) is 6.33 Å². The molecule has 1 saturated carbocycles. The Balaban J connectivity index is 1.89. The number of aliphatic carboxylic acids is 1. The number of hydrogen-bond donors (Lipinski definition) is 2. The molecule has 0 radical (unpaired) electrons. The molecule has 1 amide bonds. The zero-order valence-electron chi connectivity index (χ0n) is 11.4. The number of amides is 1. The van der Waals surface area contributed by atoms with E-state index in [0.717, 1.165) is 12.8 Å². The van der Waals surface area contributed by atoms with E-state index >= 15 is 0 Å². The summed E-state index contributed by atoms with van der Waals surface area (Å²) in [7, 11) is 0. The first-order chi connectivity index (χ1) is 9.52. The Morgan fingerprint density at radius 1 is 1.45 bits per heavy atom. The van der Waals surface area contributed by atoms with Gasteiger partial charge in [-0.15, -0.1) is 5.10 Å². The van der Waals surface area contributed by atoms with E-state index in [2.05, 4.69) is 27.8 Å². The predicted molar refractivity (Wildman–Crippen MR) is 68.5 cm³/mol. The Bertz CT molecular complexity index is 465. The van der Waals surface area contributed by atoms with Crippen molar-refractivity contribution in [2.45, 2.75) is 39.2 Å². The molecule has 0 aliphatic heterocycles. The average molecular weight is 281 g/mol. The standard InChI is InChI=1S/C12H19N5O3/c1-9-2-4-12(5-3-9,11(19)20)7-13-10(18)6-17-8-14-15-16-17/h8-9H,2-7H2,1H3,(H,13,18)(H,19,20). The van der Waals surface area contributed by atoms with Gasteiger partial charge in [0, 0.05) is 6.54 Å². The maximum atomic E-state index is 11.8. The summed E-state index contributed by atoms with van der Waals surface area (Å²) in [6, 6.07) is 0. The van der Waals surface area contributed by atoms with Crippen molar-refractivity contribution >= 4 is 11.9 Å². The van der Waals surface area contributed by atoms with Gasteiger partial charge in [-0.2, -0.15) is 0 Å². The summed E-state index contributed by atoms with van der Waals surface area (Å²) in [6.07, 6.45) is 4.32. The number of carboxylic acid groups (broad SMARTS) is 1. The molecule has 1 fully saturated rings. The normalized spacial score (nSPS) is 26.1. The van der Waals surface area contributed by atoms with Crippen LogP contribution in [0.4, 0.5) is 0 Å². The highest BCUT2D eigenvalue weighted by Gasteiger charge is 2.41. The average Bonchev–Trinajstić information content (AvgIpc) is 2.91. The molecule has 0 spiro atoms. The molecule has 1 aliphatic carbocycles. The van der Waals surface area contributed by atoms with E-state index in [1.54, 1.807) is 0 Å². The smallest absolute Gasteiger partial charge is 0.311 e. The summed E-state index contributed by atoms with van der Waals surface area (Å²) in [5.74, 6) is -0.553. The molecule has 8 nitrogen and oxygen atoms in total. The predicted octanol–water partition coefficient (Wildman–Crippen LogP) is 0.0704. The lowest BCUT2D eigenvalue weighted by Crippen LogP contribution is -2.45. The van der Waals surface area contributed by atoms with Gasteiger partial charge in [0.1, 0.15) is 12.9 Å². The summed E-state index contributed by atoms with van der Waals surface area (Å²) in [5.41, 5.74) is -0.831. The lowest BCUT2D eigenvalue weighted by molar-refractivity contribution is -0.151. The van der Waals surface area contributed by atoms with Gasteiger partial charge in [-0.25, -0.2) is 4.68 Å². The zero-order valence-corrected chi connectivity index (χ0v) is 11.4. The lowest BCUT2D eigenvalue weighted by Gasteiger charge is -2.35. The van der Waals surface area contributed by atoms with Crippen molar-refractivity contribution in [1.82, 2.24) is 25.5 Å². The number of rotatable bonds is 5. The van der Waals surface area contributed by atoms with Gasteiger partial charge in [0.25, 0.3) is 0 Å². The van der Waals surface area contributed by atoms with Gasteiger partial charge in [-0.1, -0.05) is 6.92 Å². The quantitative estimate of drug-likeness (QED) is 0.790. The highest BCUT2D eigenvalue weighted by molar-refractivity contribution is 5.79. The number of hydrogen-bond acceptors (Lipinski definition) is 5. The van der Waals surface area contributed by atoms with Crippen LogP contribution in [-0.4, -0.2) is 43.7 Å². The van der Waals surface area contributed by atoms with Crippen LogP contribution in [0.5, 0.6) is 0 Å². The van der Waals surface area contributed by atoms with Crippen LogP contribution in [0.1, 0.15) is 32.6 Å². The molecule has 20 heavy (non-hydrogen) atoms. The van der Waals surface area contributed by atoms with Crippen molar-refractivity contribution in [1.29, 1.82) is 0 Å². The maximum Gasteiger partial charge on any atom is 0.311 e. The third-order valence-electron chi connectivity index (χ3n) is 4.01. The van der Waals surface area contributed by atoms with Crippen LogP contribution in [0.3, 0.4) is 0 Å². The van der Waals surface area contributed by atoms with Crippen LogP contribution in [0.25, 0.3) is 0 Å². The minimum absolute atomic E-state index is 0.000891. The summed E-state index contributed by atoms with van der Waals surface area (Å²) in [4.78, 5) is 23.3. The first kappa shape index (κ1) is 14.4. The summed E-state index contributed by atoms with van der Waals surface area (Å²) >= 11 is 0. The number of aromatic nitrogens is 4. The number of nitrogens with zero attached hydrogens (tertiary/aromatic N) is 4. The number of carbonyl (C=O) groups excluding carboxylic acids is 1. The molecule has 1 heterocycles. The fourth-order valence-corrected chi connectivity index (χ4v) is 2.50. The van der Waals surface area contributed by atoms with E-state index < -0.39 is 11.4 Å². The van der Waals surface area contributed by atoms with Gasteiger partial charge in [0.05, 0.1) is 5.41 Å². The van der Waals surface area contributed by atoms with Gasteiger partial charge < -0.3 is 10.4 Å². The fraction of sp³-hybridized carbons (Fsp3) is 0.750. The van der Waals surface area contributed by atoms with Crippen LogP contribution in [0, 0.1) is 11.3 Å². The number of tetrazole rings is 1. The maximum absolute atomic E-state index is 11.8. The Hall–Kier alpha value is -1.99. The SMILES string of the molecule is CC1CCC(CNC(=O)Cn2cnnn2)(C(=O)O)CC1. The van der Waals surface area contributed by atoms with E-state index in [-0.39, 0.29) is 19.0 Å². The molecule has 2 rings (SSSR count). The van der Waals surface area contributed by atoms with Gasteiger partial charge in [0.2, 0.25) is 5.91 Å². The van der Waals surface area contributed by atoms with E-state index in [1.165, 1.54) is 11.0 Å². The monoisotopic (exact) mass is 281 g/mol. The van der Waals surface area contributed by atoms with E-state index in [0.29, 0.717) is 18.8 Å². The molecule has 110 valence electrons. The molecule has 2 N–H and O–H groups in total. The molecule has 0 atom stereocenters. The van der Waals surface area contributed by atoms with Gasteiger partial charge >= 0.3 is 5.97 Å². The first-order valence-electron chi connectivity index (χ1n) is 6.73. The molecular weight excluding hydrogens is 262 g/mol. The molecule has 0 aromatic carbocycles. The van der Waals surface area contributed by atoms with Crippen LogP contribution in [0.15, 0.2) is 6.33 Å². The summed E-state index contributed by atoms with van der Waals surface area (Å²) < 4.78 is 1.30. The largest absolute Gasteiger partial charge is 0.481 e. The van der Waals surface area contributed by atoms with Crippen LogP contribution < -0.4 is 5.32 Å². The number of nitrogens with one attached hydrogen (secondary N) is 1. The second-order valence-corrected chi connectivity index (χ2v) is 5.55. The minimum atomic E-state index is -0.831. The number of carboxylic acids is 1. The minimum Gasteiger partial charge on any atom is -0.481 e. The highest BCUT2D eigenvalue weighted by atomic mass is 16.4. The Morgan fingerprint density at radius 2 is 2.15 bits per heavy atom. The molecule has 8 heteroatoms. The Morgan fingerprint density at radius 3 is 2.70 bits per heavy atom. The van der Waals surface area contributed by atoms with Crippen molar-refractivity contribution < 1.29 is 14.7 Å². The third kappa shape index (κ3) is 3.31. The lowest BCUT2D eigenvalue weighted by atomic mass is 9.71. The first-order valence-corrected chi connectivity index (χ1v) is 6.73. The molecule has 0 saturated heterocycles. The van der Waals surface area contributed by atoms with E-state index in [4.69, 9.17) is 0 Å². The summed E-state index contributed by atoms with van der Waals surface area (Å²) in [6.45, 7) is 2.29. The summed E-state index contributed by atoms with van der Waals surface area (Å²) in [5, 5.41) is 22.6. The third-order valence-corrected chi connectivity index (χ3v) is 4.01. The Labute approximate surface area is 116 Å². The molecule has 0 bridgehead atoms. The molecular formula is C12H19N5O3. The second kappa shape index (κ2) is 5.98. The highest BCUT2D eigenvalue weighted by Crippen LogP contribution is 2.38. The van der Waals surface area contributed by atoms with Gasteiger partial charge in [-0.05, 0) is 42.0 Å².